The Morgan fingerprint density at radius 1 is 1.52 bits per heavy atom. The summed E-state index contributed by atoms with van der Waals surface area (Å²) in [6.07, 6.45) is 2.70. The van der Waals surface area contributed by atoms with Gasteiger partial charge in [-0.25, -0.2) is 0 Å². The molecule has 1 unspecified atom stereocenters. The van der Waals surface area contributed by atoms with Gasteiger partial charge >= 0.3 is 0 Å². The Morgan fingerprint density at radius 3 is 2.90 bits per heavy atom. The van der Waals surface area contributed by atoms with E-state index in [1.54, 1.807) is 6.07 Å². The van der Waals surface area contributed by atoms with Crippen LogP contribution < -0.4 is 5.73 Å². The van der Waals surface area contributed by atoms with Gasteiger partial charge in [0.1, 0.15) is 6.29 Å². The number of amides is 1. The molecule has 1 fully saturated rings. The number of nitrogens with zero attached hydrogens (tertiary/aromatic N) is 2. The highest BCUT2D eigenvalue weighted by Crippen LogP contribution is 2.24. The van der Waals surface area contributed by atoms with Gasteiger partial charge in [-0.2, -0.15) is 0 Å². The van der Waals surface area contributed by atoms with Crippen molar-refractivity contribution in [3.8, 4) is 0 Å². The third-order valence-electron chi connectivity index (χ3n) is 3.69. The van der Waals surface area contributed by atoms with Crippen LogP contribution in [0.15, 0.2) is 18.2 Å². The maximum atomic E-state index is 11.1. The lowest BCUT2D eigenvalue weighted by atomic mass is 9.99. The fourth-order valence-electron chi connectivity index (χ4n) is 2.61. The molecule has 112 valence electrons. The van der Waals surface area contributed by atoms with Crippen LogP contribution >= 0.6 is 0 Å². The summed E-state index contributed by atoms with van der Waals surface area (Å²) in [6.45, 7) is 1.80. The van der Waals surface area contributed by atoms with Crippen LogP contribution in [0.5, 0.6) is 0 Å². The van der Waals surface area contributed by atoms with Gasteiger partial charge in [0.15, 0.2) is 0 Å². The molecule has 21 heavy (non-hydrogen) atoms. The van der Waals surface area contributed by atoms with E-state index in [0.717, 1.165) is 25.7 Å². The van der Waals surface area contributed by atoms with E-state index in [1.165, 1.54) is 12.1 Å². The smallest absolute Gasteiger partial charge is 0.274 e. The maximum absolute atomic E-state index is 11.1. The Bertz CT molecular complexity index is 573. The third kappa shape index (κ3) is 3.63. The van der Waals surface area contributed by atoms with E-state index < -0.39 is 10.8 Å². The lowest BCUT2D eigenvalue weighted by Gasteiger charge is -2.29. The molecule has 1 aromatic carbocycles. The van der Waals surface area contributed by atoms with Gasteiger partial charge in [0.05, 0.1) is 4.92 Å². The zero-order valence-electron chi connectivity index (χ0n) is 11.5. The molecule has 7 heteroatoms. The largest absolute Gasteiger partial charge is 0.366 e. The monoisotopic (exact) mass is 291 g/mol. The maximum Gasteiger partial charge on any atom is 0.274 e. The molecular weight excluding hydrogens is 274 g/mol. The fraction of sp³-hybridized carbons (Fsp3) is 0.429. The van der Waals surface area contributed by atoms with Crippen LogP contribution in [0.25, 0.3) is 0 Å². The molecule has 1 aromatic rings. The summed E-state index contributed by atoms with van der Waals surface area (Å²) in [5.74, 6) is -0.702. The van der Waals surface area contributed by atoms with Gasteiger partial charge in [-0.15, -0.1) is 0 Å². The number of carbonyl (C=O) groups excluding carboxylic acids is 2. The van der Waals surface area contributed by atoms with Gasteiger partial charge in [-0.1, -0.05) is 6.07 Å². The predicted octanol–water partition coefficient (Wildman–Crippen LogP) is 1.10. The number of piperidine rings is 1. The van der Waals surface area contributed by atoms with Crippen molar-refractivity contribution in [1.82, 2.24) is 4.90 Å². The van der Waals surface area contributed by atoms with E-state index in [0.29, 0.717) is 18.7 Å². The number of nitro groups is 1. The quantitative estimate of drug-likeness (QED) is 0.496. The van der Waals surface area contributed by atoms with Gasteiger partial charge < -0.3 is 10.5 Å². The van der Waals surface area contributed by atoms with E-state index in [4.69, 9.17) is 5.73 Å². The first-order valence-corrected chi connectivity index (χ1v) is 6.76. The van der Waals surface area contributed by atoms with Crippen LogP contribution in [0, 0.1) is 16.0 Å². The van der Waals surface area contributed by atoms with Crippen molar-refractivity contribution in [2.75, 3.05) is 13.1 Å². The highest BCUT2D eigenvalue weighted by Gasteiger charge is 2.23. The van der Waals surface area contributed by atoms with Gasteiger partial charge in [0, 0.05) is 36.2 Å². The summed E-state index contributed by atoms with van der Waals surface area (Å²) in [7, 11) is 0. The number of nitro benzene ring substituents is 1. The SMILES string of the molecule is NC(=O)c1ccc(CN2CCCC(C=O)C2)c([N+](=O)[O-])c1. The lowest BCUT2D eigenvalue weighted by molar-refractivity contribution is -0.385. The van der Waals surface area contributed by atoms with Crippen LogP contribution in [0.4, 0.5) is 5.69 Å². The second kappa shape index (κ2) is 6.45. The minimum Gasteiger partial charge on any atom is -0.366 e. The zero-order valence-corrected chi connectivity index (χ0v) is 11.5. The van der Waals surface area contributed by atoms with Crippen molar-refractivity contribution in [3.63, 3.8) is 0 Å². The molecule has 2 N–H and O–H groups in total. The number of benzene rings is 1. The van der Waals surface area contributed by atoms with E-state index in [1.807, 2.05) is 4.90 Å². The first-order chi connectivity index (χ1) is 10.0. The normalized spacial score (nSPS) is 19.1. The van der Waals surface area contributed by atoms with Gasteiger partial charge in [-0.3, -0.25) is 19.8 Å². The lowest BCUT2D eigenvalue weighted by Crippen LogP contribution is -2.35. The predicted molar refractivity (Wildman–Crippen MR) is 75.7 cm³/mol. The molecule has 1 aliphatic rings. The molecule has 0 bridgehead atoms. The fourth-order valence-corrected chi connectivity index (χ4v) is 2.61. The van der Waals surface area contributed by atoms with Crippen molar-refractivity contribution in [1.29, 1.82) is 0 Å². The summed E-state index contributed by atoms with van der Waals surface area (Å²) in [6, 6.07) is 4.26. The Balaban J connectivity index is 2.21. The molecule has 1 amide bonds. The first kappa shape index (κ1) is 15.1. The molecule has 0 radical (unpaired) electrons. The number of aldehydes is 1. The van der Waals surface area contributed by atoms with Crippen molar-refractivity contribution < 1.29 is 14.5 Å². The second-order valence-electron chi connectivity index (χ2n) is 5.24. The highest BCUT2D eigenvalue weighted by atomic mass is 16.6. The highest BCUT2D eigenvalue weighted by molar-refractivity contribution is 5.93. The summed E-state index contributed by atoms with van der Waals surface area (Å²) >= 11 is 0. The van der Waals surface area contributed by atoms with Crippen molar-refractivity contribution in [2.45, 2.75) is 19.4 Å². The number of primary amides is 1. The Kier molecular flexibility index (Phi) is 4.64. The molecule has 7 nitrogen and oxygen atoms in total. The van der Waals surface area contributed by atoms with Crippen LogP contribution in [0.2, 0.25) is 0 Å². The summed E-state index contributed by atoms with van der Waals surface area (Å²) in [5.41, 5.74) is 5.68. The second-order valence-corrected chi connectivity index (χ2v) is 5.24. The molecular formula is C14H17N3O4. The van der Waals surface area contributed by atoms with Crippen molar-refractivity contribution in [2.24, 2.45) is 11.7 Å². The molecule has 0 aliphatic carbocycles. The zero-order chi connectivity index (χ0) is 15.4. The Labute approximate surface area is 121 Å². The molecule has 2 rings (SSSR count). The summed E-state index contributed by atoms with van der Waals surface area (Å²) < 4.78 is 0. The number of rotatable bonds is 5. The first-order valence-electron chi connectivity index (χ1n) is 6.76. The molecule has 1 atom stereocenters. The molecule has 1 heterocycles. The van der Waals surface area contributed by atoms with Crippen molar-refractivity contribution >= 4 is 17.9 Å². The molecule has 0 saturated carbocycles. The van der Waals surface area contributed by atoms with Crippen molar-refractivity contribution in [3.05, 3.63) is 39.4 Å². The number of hydrogen-bond donors (Lipinski definition) is 1. The Hall–Kier alpha value is -2.28. The number of carbonyl (C=O) groups is 2. The average molecular weight is 291 g/mol. The standard InChI is InChI=1S/C14H17N3O4/c15-14(19)11-3-4-12(13(6-11)17(20)21)8-16-5-1-2-10(7-16)9-18/h3-4,6,9-10H,1-2,5,7-8H2,(H2,15,19). The molecule has 1 saturated heterocycles. The van der Waals surface area contributed by atoms with Gasteiger partial charge in [0.25, 0.3) is 5.69 Å². The Morgan fingerprint density at radius 2 is 2.29 bits per heavy atom. The molecule has 0 spiro atoms. The van der Waals surface area contributed by atoms with Crippen LogP contribution in [0.3, 0.4) is 0 Å². The van der Waals surface area contributed by atoms with E-state index in [9.17, 15) is 19.7 Å². The number of nitrogens with two attached hydrogens (primary N) is 1. The number of likely N-dealkylation sites (tertiary alicyclic amines) is 1. The van der Waals surface area contributed by atoms with E-state index in [2.05, 4.69) is 0 Å². The van der Waals surface area contributed by atoms with Gasteiger partial charge in [-0.05, 0) is 25.5 Å². The van der Waals surface area contributed by atoms with E-state index >= 15 is 0 Å². The number of hydrogen-bond acceptors (Lipinski definition) is 5. The minimum absolute atomic E-state index is 0.0114. The van der Waals surface area contributed by atoms with Gasteiger partial charge in [0.2, 0.25) is 5.91 Å². The van der Waals surface area contributed by atoms with Crippen LogP contribution in [-0.4, -0.2) is 35.1 Å². The average Bonchev–Trinajstić information content (AvgIpc) is 2.47. The van der Waals surface area contributed by atoms with Crippen LogP contribution in [0.1, 0.15) is 28.8 Å². The minimum atomic E-state index is -0.691. The topological polar surface area (TPSA) is 107 Å². The molecule has 1 aliphatic heterocycles. The van der Waals surface area contributed by atoms with Crippen LogP contribution in [-0.2, 0) is 11.3 Å². The summed E-state index contributed by atoms with van der Waals surface area (Å²) in [5, 5.41) is 11.1. The summed E-state index contributed by atoms with van der Waals surface area (Å²) in [4.78, 5) is 34.6. The van der Waals surface area contributed by atoms with E-state index in [-0.39, 0.29) is 17.2 Å². The third-order valence-corrected chi connectivity index (χ3v) is 3.69. The molecule has 0 aromatic heterocycles.